The normalized spacial score (nSPS) is 17.7. The van der Waals surface area contributed by atoms with Gasteiger partial charge in [0.15, 0.2) is 0 Å². The zero-order valence-electron chi connectivity index (χ0n) is 13.9. The highest BCUT2D eigenvalue weighted by molar-refractivity contribution is 6.31. The van der Waals surface area contributed by atoms with Crippen molar-refractivity contribution in [3.8, 4) is 0 Å². The molecule has 0 radical (unpaired) electrons. The van der Waals surface area contributed by atoms with Crippen molar-refractivity contribution >= 4 is 23.3 Å². The molecule has 26 heavy (non-hydrogen) atoms. The van der Waals surface area contributed by atoms with Crippen molar-refractivity contribution in [2.75, 3.05) is 19.7 Å². The number of aryl methyl sites for hydroxylation is 1. The minimum absolute atomic E-state index is 0.187. The lowest BCUT2D eigenvalue weighted by Crippen LogP contribution is -2.42. The average molecular weight is 376 g/mol. The molecule has 1 amide bonds. The van der Waals surface area contributed by atoms with Crippen molar-refractivity contribution in [2.24, 2.45) is 0 Å². The molecule has 1 fully saturated rings. The lowest BCUT2D eigenvalue weighted by atomic mass is 10.1. The Labute approximate surface area is 153 Å². The van der Waals surface area contributed by atoms with Gasteiger partial charge in [-0.2, -0.15) is 14.6 Å². The standard InChI is InChI=1S/C17H15ClFN5O2/c1-10-4-14(24-17(22-10)20-9-21-24)15-8-23(2-3-26-15)16(25)11-5-12(18)7-13(19)6-11/h4-7,9,15H,2-3,8H2,1H3. The van der Waals surface area contributed by atoms with Crippen molar-refractivity contribution in [1.29, 1.82) is 0 Å². The molecule has 2 aromatic heterocycles. The van der Waals surface area contributed by atoms with E-state index in [2.05, 4.69) is 15.1 Å². The van der Waals surface area contributed by atoms with Crippen LogP contribution >= 0.6 is 11.6 Å². The second kappa shape index (κ2) is 6.62. The van der Waals surface area contributed by atoms with Crippen LogP contribution in [0, 0.1) is 12.7 Å². The summed E-state index contributed by atoms with van der Waals surface area (Å²) in [5, 5.41) is 4.37. The van der Waals surface area contributed by atoms with Gasteiger partial charge in [0.2, 0.25) is 0 Å². The van der Waals surface area contributed by atoms with E-state index in [9.17, 15) is 9.18 Å². The zero-order valence-corrected chi connectivity index (χ0v) is 14.6. The van der Waals surface area contributed by atoms with Crippen molar-refractivity contribution in [3.05, 3.63) is 58.4 Å². The van der Waals surface area contributed by atoms with E-state index in [0.717, 1.165) is 11.4 Å². The van der Waals surface area contributed by atoms with Crippen LogP contribution in [0.3, 0.4) is 0 Å². The van der Waals surface area contributed by atoms with Crippen LogP contribution < -0.4 is 0 Å². The van der Waals surface area contributed by atoms with Crippen LogP contribution in [-0.4, -0.2) is 50.1 Å². The summed E-state index contributed by atoms with van der Waals surface area (Å²) in [5.74, 6) is -0.357. The van der Waals surface area contributed by atoms with E-state index < -0.39 is 5.82 Å². The highest BCUT2D eigenvalue weighted by atomic mass is 35.5. The van der Waals surface area contributed by atoms with Crippen LogP contribution in [0.15, 0.2) is 30.6 Å². The molecule has 9 heteroatoms. The zero-order chi connectivity index (χ0) is 18.3. The molecule has 7 nitrogen and oxygen atoms in total. The average Bonchev–Trinajstić information content (AvgIpc) is 3.08. The lowest BCUT2D eigenvalue weighted by molar-refractivity contribution is -0.0257. The van der Waals surface area contributed by atoms with E-state index in [0.29, 0.717) is 25.5 Å². The van der Waals surface area contributed by atoms with Crippen LogP contribution in [-0.2, 0) is 4.74 Å². The van der Waals surface area contributed by atoms with Gasteiger partial charge in [0.25, 0.3) is 11.7 Å². The largest absolute Gasteiger partial charge is 0.368 e. The van der Waals surface area contributed by atoms with Crippen molar-refractivity contribution < 1.29 is 13.9 Å². The Morgan fingerprint density at radius 2 is 2.19 bits per heavy atom. The van der Waals surface area contributed by atoms with E-state index in [1.54, 1.807) is 9.42 Å². The first-order valence-corrected chi connectivity index (χ1v) is 8.43. The van der Waals surface area contributed by atoms with Crippen LogP contribution in [0.1, 0.15) is 27.8 Å². The van der Waals surface area contributed by atoms with Gasteiger partial charge in [-0.1, -0.05) is 11.6 Å². The maximum absolute atomic E-state index is 13.6. The number of halogens is 2. The Bertz CT molecular complexity index is 972. The summed E-state index contributed by atoms with van der Waals surface area (Å²) in [5.41, 5.74) is 1.76. The Morgan fingerprint density at radius 1 is 1.35 bits per heavy atom. The molecule has 1 aliphatic heterocycles. The van der Waals surface area contributed by atoms with Gasteiger partial charge in [0, 0.05) is 22.8 Å². The van der Waals surface area contributed by atoms with Crippen LogP contribution in [0.5, 0.6) is 0 Å². The summed E-state index contributed by atoms with van der Waals surface area (Å²) in [6.07, 6.45) is 1.04. The number of rotatable bonds is 2. The number of hydrogen-bond donors (Lipinski definition) is 0. The van der Waals surface area contributed by atoms with Gasteiger partial charge in [-0.25, -0.2) is 9.37 Å². The highest BCUT2D eigenvalue weighted by Gasteiger charge is 2.28. The topological polar surface area (TPSA) is 72.6 Å². The van der Waals surface area contributed by atoms with E-state index in [1.807, 2.05) is 13.0 Å². The molecule has 3 heterocycles. The number of ether oxygens (including phenoxy) is 1. The van der Waals surface area contributed by atoms with Gasteiger partial charge in [0.05, 0.1) is 18.8 Å². The fraction of sp³-hybridized carbons (Fsp3) is 0.294. The number of fused-ring (bicyclic) bond motifs is 1. The summed E-state index contributed by atoms with van der Waals surface area (Å²) in [6.45, 7) is 2.94. The Morgan fingerprint density at radius 3 is 3.00 bits per heavy atom. The highest BCUT2D eigenvalue weighted by Crippen LogP contribution is 2.24. The van der Waals surface area contributed by atoms with Gasteiger partial charge in [0.1, 0.15) is 18.2 Å². The first-order chi connectivity index (χ1) is 12.5. The molecule has 1 saturated heterocycles. The predicted octanol–water partition coefficient (Wildman–Crippen LogP) is 2.44. The monoisotopic (exact) mass is 375 g/mol. The molecule has 3 aromatic rings. The maximum atomic E-state index is 13.6. The number of carbonyl (C=O) groups is 1. The van der Waals surface area contributed by atoms with Gasteiger partial charge in [-0.05, 0) is 31.2 Å². The molecule has 1 atom stereocenters. The van der Waals surface area contributed by atoms with E-state index in [-0.39, 0.29) is 22.6 Å². The quantitative estimate of drug-likeness (QED) is 0.688. The number of nitrogens with zero attached hydrogens (tertiary/aromatic N) is 5. The Balaban J connectivity index is 1.63. The Hall–Kier alpha value is -2.58. The molecule has 0 aliphatic carbocycles. The molecule has 1 unspecified atom stereocenters. The molecule has 0 saturated carbocycles. The third-order valence-electron chi connectivity index (χ3n) is 4.20. The van der Waals surface area contributed by atoms with Crippen molar-refractivity contribution in [2.45, 2.75) is 13.0 Å². The SMILES string of the molecule is Cc1cc(C2CN(C(=O)c3cc(F)cc(Cl)c3)CCO2)n2ncnc2n1. The number of hydrogen-bond acceptors (Lipinski definition) is 5. The van der Waals surface area contributed by atoms with Gasteiger partial charge in [-0.3, -0.25) is 4.79 Å². The summed E-state index contributed by atoms with van der Waals surface area (Å²) in [4.78, 5) is 22.8. The Kier molecular flexibility index (Phi) is 4.29. The minimum Gasteiger partial charge on any atom is -0.368 e. The van der Waals surface area contributed by atoms with Crippen molar-refractivity contribution in [3.63, 3.8) is 0 Å². The molecular weight excluding hydrogens is 361 g/mol. The van der Waals surface area contributed by atoms with E-state index in [1.165, 1.54) is 24.5 Å². The van der Waals surface area contributed by atoms with Crippen molar-refractivity contribution in [1.82, 2.24) is 24.5 Å². The van der Waals surface area contributed by atoms with Gasteiger partial charge in [-0.15, -0.1) is 0 Å². The summed E-state index contributed by atoms with van der Waals surface area (Å²) in [6, 6.07) is 5.68. The molecular formula is C17H15ClFN5O2. The number of aromatic nitrogens is 4. The second-order valence-electron chi connectivity index (χ2n) is 6.06. The molecule has 1 aromatic carbocycles. The molecule has 134 valence electrons. The number of carbonyl (C=O) groups excluding carboxylic acids is 1. The summed E-state index contributed by atoms with van der Waals surface area (Å²) < 4.78 is 21.0. The van der Waals surface area contributed by atoms with Crippen LogP contribution in [0.25, 0.3) is 5.78 Å². The maximum Gasteiger partial charge on any atom is 0.254 e. The molecule has 0 spiro atoms. The molecule has 0 N–H and O–H groups in total. The predicted molar refractivity (Wildman–Crippen MR) is 91.5 cm³/mol. The number of benzene rings is 1. The van der Waals surface area contributed by atoms with Crippen LogP contribution in [0.4, 0.5) is 4.39 Å². The van der Waals surface area contributed by atoms with Crippen LogP contribution in [0.2, 0.25) is 5.02 Å². The number of morpholine rings is 1. The van der Waals surface area contributed by atoms with E-state index >= 15 is 0 Å². The fourth-order valence-electron chi connectivity index (χ4n) is 3.06. The third kappa shape index (κ3) is 3.13. The smallest absolute Gasteiger partial charge is 0.254 e. The third-order valence-corrected chi connectivity index (χ3v) is 4.42. The second-order valence-corrected chi connectivity index (χ2v) is 6.50. The first kappa shape index (κ1) is 16.9. The molecule has 4 rings (SSSR count). The molecule has 0 bridgehead atoms. The molecule has 1 aliphatic rings. The van der Waals surface area contributed by atoms with E-state index in [4.69, 9.17) is 16.3 Å². The summed E-state index contributed by atoms with van der Waals surface area (Å²) >= 11 is 5.87. The number of amides is 1. The summed E-state index contributed by atoms with van der Waals surface area (Å²) in [7, 11) is 0. The minimum atomic E-state index is -0.542. The van der Waals surface area contributed by atoms with Gasteiger partial charge >= 0.3 is 0 Å². The first-order valence-electron chi connectivity index (χ1n) is 8.05. The van der Waals surface area contributed by atoms with Gasteiger partial charge < -0.3 is 9.64 Å². The lowest BCUT2D eigenvalue weighted by Gasteiger charge is -2.33. The fourth-order valence-corrected chi connectivity index (χ4v) is 3.28.